The van der Waals surface area contributed by atoms with E-state index in [1.165, 1.54) is 6.20 Å². The van der Waals surface area contributed by atoms with E-state index in [1.54, 1.807) is 24.4 Å². The van der Waals surface area contributed by atoms with Crippen molar-refractivity contribution in [3.05, 3.63) is 58.3 Å². The van der Waals surface area contributed by atoms with Gasteiger partial charge >= 0.3 is 0 Å². The van der Waals surface area contributed by atoms with Crippen molar-refractivity contribution in [1.29, 1.82) is 0 Å². The van der Waals surface area contributed by atoms with Crippen molar-refractivity contribution in [3.8, 4) is 0 Å². The minimum atomic E-state index is -0.328. The molecule has 2 amide bonds. The zero-order valence-electron chi connectivity index (χ0n) is 11.4. The van der Waals surface area contributed by atoms with Gasteiger partial charge in [0.25, 0.3) is 5.91 Å². The van der Waals surface area contributed by atoms with Crippen LogP contribution in [0.15, 0.2) is 47.2 Å². The van der Waals surface area contributed by atoms with Gasteiger partial charge in [-0.25, -0.2) is 0 Å². The molecule has 2 aromatic rings. The molecule has 1 aromatic carbocycles. The zero-order valence-corrected chi connectivity index (χ0v) is 13.0. The number of halogens is 1. The predicted octanol–water partition coefficient (Wildman–Crippen LogP) is 2.52. The van der Waals surface area contributed by atoms with E-state index in [1.807, 2.05) is 19.1 Å². The second-order valence-electron chi connectivity index (χ2n) is 4.43. The van der Waals surface area contributed by atoms with Gasteiger partial charge in [-0.15, -0.1) is 0 Å². The van der Waals surface area contributed by atoms with Gasteiger partial charge < -0.3 is 10.6 Å². The fraction of sp³-hybridized carbons (Fsp3) is 0.133. The van der Waals surface area contributed by atoms with Crippen molar-refractivity contribution in [2.24, 2.45) is 0 Å². The summed E-state index contributed by atoms with van der Waals surface area (Å²) in [5.74, 6) is -0.608. The third-order valence-electron chi connectivity index (χ3n) is 2.80. The molecule has 0 unspecified atom stereocenters. The van der Waals surface area contributed by atoms with Gasteiger partial charge in [-0.1, -0.05) is 15.9 Å². The van der Waals surface area contributed by atoms with E-state index < -0.39 is 0 Å². The minimum Gasteiger partial charge on any atom is -0.343 e. The average Bonchev–Trinajstić information content (AvgIpc) is 2.48. The van der Waals surface area contributed by atoms with Crippen molar-refractivity contribution in [3.63, 3.8) is 0 Å². The Kier molecular flexibility index (Phi) is 5.05. The molecule has 0 bridgehead atoms. The molecule has 0 fully saturated rings. The fourth-order valence-corrected chi connectivity index (χ4v) is 2.20. The average molecular weight is 348 g/mol. The molecule has 2 N–H and O–H groups in total. The number of amides is 2. The first-order valence-electron chi connectivity index (χ1n) is 6.30. The van der Waals surface area contributed by atoms with Crippen LogP contribution >= 0.6 is 15.9 Å². The quantitative estimate of drug-likeness (QED) is 0.892. The standard InChI is InChI=1S/C15H14BrN3O2/c1-10-7-12(16)4-5-13(10)19-14(20)9-18-15(21)11-3-2-6-17-8-11/h2-8H,9H2,1H3,(H,18,21)(H,19,20). The number of carbonyl (C=O) groups is 2. The monoisotopic (exact) mass is 347 g/mol. The first kappa shape index (κ1) is 15.2. The summed E-state index contributed by atoms with van der Waals surface area (Å²) in [6, 6.07) is 8.86. The number of pyridine rings is 1. The molecule has 21 heavy (non-hydrogen) atoms. The van der Waals surface area contributed by atoms with Gasteiger partial charge in [-0.2, -0.15) is 0 Å². The van der Waals surface area contributed by atoms with E-state index in [0.717, 1.165) is 15.7 Å². The number of carbonyl (C=O) groups excluding carboxylic acids is 2. The Morgan fingerprint density at radius 1 is 1.29 bits per heavy atom. The molecular formula is C15H14BrN3O2. The van der Waals surface area contributed by atoms with Gasteiger partial charge in [0.15, 0.2) is 0 Å². The molecule has 1 heterocycles. The number of hydrogen-bond acceptors (Lipinski definition) is 3. The Hall–Kier alpha value is -2.21. The summed E-state index contributed by atoms with van der Waals surface area (Å²) < 4.78 is 0.947. The van der Waals surface area contributed by atoms with Gasteiger partial charge in [0.1, 0.15) is 0 Å². The number of anilines is 1. The molecule has 0 spiro atoms. The molecular weight excluding hydrogens is 334 g/mol. The van der Waals surface area contributed by atoms with Gasteiger partial charge in [0.05, 0.1) is 12.1 Å². The second kappa shape index (κ2) is 6.99. The van der Waals surface area contributed by atoms with Crippen LogP contribution < -0.4 is 10.6 Å². The molecule has 0 atom stereocenters. The highest BCUT2D eigenvalue weighted by atomic mass is 79.9. The molecule has 0 aliphatic carbocycles. The molecule has 0 saturated heterocycles. The smallest absolute Gasteiger partial charge is 0.253 e. The van der Waals surface area contributed by atoms with Crippen LogP contribution in [0, 0.1) is 6.92 Å². The predicted molar refractivity (Wildman–Crippen MR) is 84.1 cm³/mol. The molecule has 0 aliphatic rings. The number of nitrogens with one attached hydrogen (secondary N) is 2. The maximum atomic E-state index is 11.8. The van der Waals surface area contributed by atoms with Crippen molar-refractivity contribution >= 4 is 33.4 Å². The highest BCUT2D eigenvalue weighted by Gasteiger charge is 2.09. The summed E-state index contributed by atoms with van der Waals surface area (Å²) in [5.41, 5.74) is 2.08. The van der Waals surface area contributed by atoms with E-state index in [-0.39, 0.29) is 18.4 Å². The van der Waals surface area contributed by atoms with E-state index in [0.29, 0.717) is 5.56 Å². The van der Waals surface area contributed by atoms with Crippen LogP contribution in [0.1, 0.15) is 15.9 Å². The van der Waals surface area contributed by atoms with Crippen LogP contribution in [0.25, 0.3) is 0 Å². The molecule has 0 saturated carbocycles. The molecule has 2 rings (SSSR count). The second-order valence-corrected chi connectivity index (χ2v) is 5.35. The lowest BCUT2D eigenvalue weighted by Gasteiger charge is -2.09. The lowest BCUT2D eigenvalue weighted by molar-refractivity contribution is -0.115. The Balaban J connectivity index is 1.89. The maximum Gasteiger partial charge on any atom is 0.253 e. The summed E-state index contributed by atoms with van der Waals surface area (Å²) in [7, 11) is 0. The largest absolute Gasteiger partial charge is 0.343 e. The number of aryl methyl sites for hydroxylation is 1. The number of aromatic nitrogens is 1. The van der Waals surface area contributed by atoms with E-state index in [9.17, 15) is 9.59 Å². The van der Waals surface area contributed by atoms with Gasteiger partial charge in [0, 0.05) is 22.6 Å². The molecule has 0 aliphatic heterocycles. The van der Waals surface area contributed by atoms with Crippen molar-refractivity contribution in [2.75, 3.05) is 11.9 Å². The van der Waals surface area contributed by atoms with Crippen LogP contribution in [0.4, 0.5) is 5.69 Å². The molecule has 6 heteroatoms. The highest BCUT2D eigenvalue weighted by Crippen LogP contribution is 2.19. The summed E-state index contributed by atoms with van der Waals surface area (Å²) >= 11 is 3.36. The van der Waals surface area contributed by atoms with Crippen LogP contribution in [-0.4, -0.2) is 23.3 Å². The topological polar surface area (TPSA) is 71.1 Å². The van der Waals surface area contributed by atoms with E-state index in [2.05, 4.69) is 31.5 Å². The number of hydrogen-bond donors (Lipinski definition) is 2. The van der Waals surface area contributed by atoms with Crippen molar-refractivity contribution in [2.45, 2.75) is 6.92 Å². The van der Waals surface area contributed by atoms with E-state index >= 15 is 0 Å². The molecule has 5 nitrogen and oxygen atoms in total. The Morgan fingerprint density at radius 2 is 2.10 bits per heavy atom. The lowest BCUT2D eigenvalue weighted by atomic mass is 10.2. The van der Waals surface area contributed by atoms with Gasteiger partial charge in [-0.05, 0) is 42.8 Å². The third kappa shape index (κ3) is 4.39. The fourth-order valence-electron chi connectivity index (χ4n) is 1.72. The first-order valence-corrected chi connectivity index (χ1v) is 7.10. The van der Waals surface area contributed by atoms with Crippen LogP contribution in [0.2, 0.25) is 0 Å². The minimum absolute atomic E-state index is 0.0940. The normalized spacial score (nSPS) is 10.0. The van der Waals surface area contributed by atoms with Crippen LogP contribution in [-0.2, 0) is 4.79 Å². The van der Waals surface area contributed by atoms with Gasteiger partial charge in [-0.3, -0.25) is 14.6 Å². The Labute approximate surface area is 130 Å². The zero-order chi connectivity index (χ0) is 15.2. The summed E-state index contributed by atoms with van der Waals surface area (Å²) in [6.45, 7) is 1.80. The molecule has 0 radical (unpaired) electrons. The first-order chi connectivity index (χ1) is 10.1. The highest BCUT2D eigenvalue weighted by molar-refractivity contribution is 9.10. The van der Waals surface area contributed by atoms with Crippen molar-refractivity contribution < 1.29 is 9.59 Å². The van der Waals surface area contributed by atoms with Crippen LogP contribution in [0.3, 0.4) is 0 Å². The number of benzene rings is 1. The van der Waals surface area contributed by atoms with Gasteiger partial charge in [0.2, 0.25) is 5.91 Å². The Bertz CT molecular complexity index is 659. The summed E-state index contributed by atoms with van der Waals surface area (Å²) in [4.78, 5) is 27.5. The maximum absolute atomic E-state index is 11.8. The number of rotatable bonds is 4. The molecule has 108 valence electrons. The van der Waals surface area contributed by atoms with Crippen molar-refractivity contribution in [1.82, 2.24) is 10.3 Å². The number of nitrogens with zero attached hydrogens (tertiary/aromatic N) is 1. The summed E-state index contributed by atoms with van der Waals surface area (Å²) in [6.07, 6.45) is 3.03. The van der Waals surface area contributed by atoms with Crippen LogP contribution in [0.5, 0.6) is 0 Å². The third-order valence-corrected chi connectivity index (χ3v) is 3.29. The lowest BCUT2D eigenvalue weighted by Crippen LogP contribution is -2.33. The van der Waals surface area contributed by atoms with E-state index in [4.69, 9.17) is 0 Å². The Morgan fingerprint density at radius 3 is 2.76 bits per heavy atom. The summed E-state index contributed by atoms with van der Waals surface area (Å²) in [5, 5.41) is 5.30. The SMILES string of the molecule is Cc1cc(Br)ccc1NC(=O)CNC(=O)c1cccnc1. The molecule has 1 aromatic heterocycles.